The van der Waals surface area contributed by atoms with E-state index in [4.69, 9.17) is 0 Å². The first-order valence-electron chi connectivity index (χ1n) is 9.21. The van der Waals surface area contributed by atoms with E-state index in [1.54, 1.807) is 24.3 Å². The summed E-state index contributed by atoms with van der Waals surface area (Å²) in [5.74, 6) is -0.248. The molecule has 0 bridgehead atoms. The number of carbonyl (C=O) groups is 1. The molecular weight excluding hydrogens is 340 g/mol. The second-order valence-corrected chi connectivity index (χ2v) is 6.99. The molecule has 1 aromatic heterocycles. The Morgan fingerprint density at radius 3 is 2.63 bits per heavy atom. The molecule has 0 saturated carbocycles. The maximum atomic E-state index is 12.8. The maximum Gasteiger partial charge on any atom is 0.272 e. The van der Waals surface area contributed by atoms with E-state index in [0.29, 0.717) is 16.8 Å². The number of fused-ring (bicyclic) bond motifs is 1. The summed E-state index contributed by atoms with van der Waals surface area (Å²) in [5.41, 5.74) is 1.25. The van der Waals surface area contributed by atoms with Gasteiger partial charge >= 0.3 is 0 Å². The predicted octanol–water partition coefficient (Wildman–Crippen LogP) is 2.49. The van der Waals surface area contributed by atoms with Crippen LogP contribution in [0.1, 0.15) is 35.4 Å². The zero-order chi connectivity index (χ0) is 18.8. The summed E-state index contributed by atoms with van der Waals surface area (Å²) >= 11 is 0. The number of nitrogens with zero attached hydrogens (tertiary/aromatic N) is 2. The minimum Gasteiger partial charge on any atom is -0.347 e. The van der Waals surface area contributed by atoms with Crippen LogP contribution in [0.15, 0.2) is 59.4 Å². The molecular formula is C21H22N4O2. The lowest BCUT2D eigenvalue weighted by Gasteiger charge is -2.24. The second kappa shape index (κ2) is 7.32. The number of H-pyrrole nitrogens is 1. The Bertz CT molecular complexity index is 1020. The molecule has 0 aliphatic carbocycles. The van der Waals surface area contributed by atoms with Crippen LogP contribution in [0.3, 0.4) is 0 Å². The molecule has 0 spiro atoms. The van der Waals surface area contributed by atoms with Gasteiger partial charge in [-0.05, 0) is 25.0 Å². The Labute approximate surface area is 157 Å². The number of hydrogen-bond acceptors (Lipinski definition) is 4. The number of carbonyl (C=O) groups excluding carboxylic acids is 1. The molecule has 2 aromatic carbocycles. The molecule has 1 saturated heterocycles. The number of rotatable bonds is 4. The van der Waals surface area contributed by atoms with Crippen molar-refractivity contribution in [3.63, 3.8) is 0 Å². The minimum atomic E-state index is -0.286. The smallest absolute Gasteiger partial charge is 0.272 e. The molecule has 3 aromatic rings. The highest BCUT2D eigenvalue weighted by Gasteiger charge is 2.28. The van der Waals surface area contributed by atoms with E-state index in [1.165, 1.54) is 5.56 Å². The average Bonchev–Trinajstić information content (AvgIpc) is 3.17. The number of nitrogens with one attached hydrogen (secondary N) is 2. The van der Waals surface area contributed by atoms with E-state index in [-0.39, 0.29) is 23.2 Å². The number of benzene rings is 2. The largest absolute Gasteiger partial charge is 0.347 e. The van der Waals surface area contributed by atoms with Gasteiger partial charge < -0.3 is 5.32 Å². The second-order valence-electron chi connectivity index (χ2n) is 6.99. The van der Waals surface area contributed by atoms with Crippen LogP contribution in [0.2, 0.25) is 0 Å². The lowest BCUT2D eigenvalue weighted by Crippen LogP contribution is -2.38. The first kappa shape index (κ1) is 17.4. The molecule has 1 amide bonds. The third-order valence-electron chi connectivity index (χ3n) is 5.30. The van der Waals surface area contributed by atoms with Gasteiger partial charge in [0.25, 0.3) is 11.5 Å². The zero-order valence-electron chi connectivity index (χ0n) is 15.2. The van der Waals surface area contributed by atoms with E-state index < -0.39 is 0 Å². The van der Waals surface area contributed by atoms with Crippen molar-refractivity contribution in [1.82, 2.24) is 20.4 Å². The van der Waals surface area contributed by atoms with Crippen LogP contribution in [-0.4, -0.2) is 40.1 Å². The van der Waals surface area contributed by atoms with E-state index in [0.717, 1.165) is 19.5 Å². The summed E-state index contributed by atoms with van der Waals surface area (Å²) in [6.45, 7) is 3.92. The molecule has 2 unspecified atom stereocenters. The molecule has 2 atom stereocenters. The summed E-state index contributed by atoms with van der Waals surface area (Å²) in [5, 5.41) is 10.5. The van der Waals surface area contributed by atoms with Gasteiger partial charge in [-0.15, -0.1) is 0 Å². The molecule has 0 radical (unpaired) electrons. The topological polar surface area (TPSA) is 78.1 Å². The Hall–Kier alpha value is -2.99. The van der Waals surface area contributed by atoms with Gasteiger partial charge in [-0.1, -0.05) is 48.5 Å². The highest BCUT2D eigenvalue weighted by Crippen LogP contribution is 2.24. The minimum absolute atomic E-state index is 0.0659. The summed E-state index contributed by atoms with van der Waals surface area (Å²) in [4.78, 5) is 27.0. The molecule has 1 aliphatic rings. The van der Waals surface area contributed by atoms with Gasteiger partial charge in [0.05, 0.1) is 5.39 Å². The van der Waals surface area contributed by atoms with Gasteiger partial charge in [0.2, 0.25) is 0 Å². The summed E-state index contributed by atoms with van der Waals surface area (Å²) < 4.78 is 0. The zero-order valence-corrected chi connectivity index (χ0v) is 15.2. The Kier molecular flexibility index (Phi) is 4.73. The maximum absolute atomic E-state index is 12.8. The Balaban J connectivity index is 1.47. The third kappa shape index (κ3) is 3.48. The van der Waals surface area contributed by atoms with Crippen molar-refractivity contribution in [2.75, 3.05) is 13.1 Å². The van der Waals surface area contributed by atoms with E-state index >= 15 is 0 Å². The number of aromatic amines is 1. The van der Waals surface area contributed by atoms with Crippen LogP contribution in [-0.2, 0) is 0 Å². The van der Waals surface area contributed by atoms with Crippen molar-refractivity contribution in [1.29, 1.82) is 0 Å². The van der Waals surface area contributed by atoms with Crippen molar-refractivity contribution < 1.29 is 4.79 Å². The van der Waals surface area contributed by atoms with Crippen LogP contribution in [0, 0.1) is 0 Å². The van der Waals surface area contributed by atoms with Crippen molar-refractivity contribution in [3.05, 3.63) is 76.2 Å². The molecule has 2 N–H and O–H groups in total. The predicted molar refractivity (Wildman–Crippen MR) is 105 cm³/mol. The molecule has 2 heterocycles. The summed E-state index contributed by atoms with van der Waals surface area (Å²) in [7, 11) is 0. The van der Waals surface area contributed by atoms with Crippen LogP contribution in [0.25, 0.3) is 10.8 Å². The molecule has 1 aliphatic heterocycles. The fourth-order valence-corrected chi connectivity index (χ4v) is 3.74. The molecule has 1 fully saturated rings. The highest BCUT2D eigenvalue weighted by molar-refractivity contribution is 6.04. The molecule has 27 heavy (non-hydrogen) atoms. The first-order chi connectivity index (χ1) is 13.1. The normalized spacial score (nSPS) is 18.5. The fraction of sp³-hybridized carbons (Fsp3) is 0.286. The Morgan fingerprint density at radius 1 is 1.15 bits per heavy atom. The summed E-state index contributed by atoms with van der Waals surface area (Å²) in [6, 6.07) is 17.8. The lowest BCUT2D eigenvalue weighted by atomic mass is 10.1. The summed E-state index contributed by atoms with van der Waals surface area (Å²) in [6.07, 6.45) is 0.893. The molecule has 6 nitrogen and oxygen atoms in total. The van der Waals surface area contributed by atoms with Gasteiger partial charge in [-0.2, -0.15) is 5.10 Å². The standard InChI is InChI=1S/C21H22N4O2/c1-14(15-7-3-2-4-8-15)25-12-11-16(13-25)22-21(27)19-17-9-5-6-10-18(17)20(26)24-23-19/h2-10,14,16H,11-13H2,1H3,(H,22,27)(H,24,26). The monoisotopic (exact) mass is 362 g/mol. The number of aromatic nitrogens is 2. The highest BCUT2D eigenvalue weighted by atomic mass is 16.2. The third-order valence-corrected chi connectivity index (χ3v) is 5.30. The number of amides is 1. The Morgan fingerprint density at radius 2 is 1.85 bits per heavy atom. The quantitative estimate of drug-likeness (QED) is 0.747. The van der Waals surface area contributed by atoms with E-state index in [1.807, 2.05) is 18.2 Å². The lowest BCUT2D eigenvalue weighted by molar-refractivity contribution is 0.0932. The molecule has 138 valence electrons. The van der Waals surface area contributed by atoms with Gasteiger partial charge in [0.15, 0.2) is 5.69 Å². The van der Waals surface area contributed by atoms with Gasteiger partial charge in [0.1, 0.15) is 0 Å². The van der Waals surface area contributed by atoms with Gasteiger partial charge in [-0.3, -0.25) is 14.5 Å². The van der Waals surface area contributed by atoms with Crippen molar-refractivity contribution >= 4 is 16.7 Å². The van der Waals surface area contributed by atoms with Gasteiger partial charge in [-0.25, -0.2) is 5.10 Å². The average molecular weight is 362 g/mol. The van der Waals surface area contributed by atoms with Crippen LogP contribution >= 0.6 is 0 Å². The van der Waals surface area contributed by atoms with Crippen LogP contribution in [0.4, 0.5) is 0 Å². The number of hydrogen-bond donors (Lipinski definition) is 2. The molecule has 4 rings (SSSR count). The van der Waals surface area contributed by atoms with Crippen molar-refractivity contribution in [3.8, 4) is 0 Å². The van der Waals surface area contributed by atoms with Crippen LogP contribution < -0.4 is 10.9 Å². The number of likely N-dealkylation sites (tertiary alicyclic amines) is 1. The SMILES string of the molecule is CC(c1ccccc1)N1CCC(NC(=O)c2n[nH]c(=O)c3ccccc23)C1. The molecule has 6 heteroatoms. The fourth-order valence-electron chi connectivity index (χ4n) is 3.74. The van der Waals surface area contributed by atoms with E-state index in [9.17, 15) is 9.59 Å². The van der Waals surface area contributed by atoms with Gasteiger partial charge in [0, 0.05) is 30.6 Å². The van der Waals surface area contributed by atoms with E-state index in [2.05, 4.69) is 39.5 Å². The van der Waals surface area contributed by atoms with Crippen LogP contribution in [0.5, 0.6) is 0 Å². The first-order valence-corrected chi connectivity index (χ1v) is 9.21. The van der Waals surface area contributed by atoms with Crippen molar-refractivity contribution in [2.24, 2.45) is 0 Å². The van der Waals surface area contributed by atoms with Crippen molar-refractivity contribution in [2.45, 2.75) is 25.4 Å².